The highest BCUT2D eigenvalue weighted by atomic mass is 32.2. The molecule has 1 aromatic carbocycles. The fourth-order valence-corrected chi connectivity index (χ4v) is 6.68. The molecule has 5 rings (SSSR count). The Morgan fingerprint density at radius 2 is 1.89 bits per heavy atom. The van der Waals surface area contributed by atoms with Crippen LogP contribution in [0.15, 0.2) is 23.2 Å². The molecule has 0 aliphatic carbocycles. The van der Waals surface area contributed by atoms with Crippen molar-refractivity contribution in [2.75, 3.05) is 50.8 Å². The van der Waals surface area contributed by atoms with E-state index in [9.17, 15) is 17.2 Å². The van der Waals surface area contributed by atoms with Gasteiger partial charge in [-0.3, -0.25) is 4.90 Å². The normalized spacial score (nSPS) is 18.9. The van der Waals surface area contributed by atoms with Gasteiger partial charge in [0, 0.05) is 43.8 Å². The van der Waals surface area contributed by atoms with Crippen molar-refractivity contribution < 1.29 is 21.9 Å². The molecule has 2 aromatic heterocycles. The summed E-state index contributed by atoms with van der Waals surface area (Å²) in [6.07, 6.45) is -1.12. The van der Waals surface area contributed by atoms with Gasteiger partial charge >= 0.3 is 0 Å². The van der Waals surface area contributed by atoms with Crippen molar-refractivity contribution in [3.63, 3.8) is 0 Å². The van der Waals surface area contributed by atoms with Gasteiger partial charge in [0.05, 0.1) is 35.4 Å². The SMILES string of the molecule is CC(C)CN1CCN(c2cc(S(=O)(=O)NC3(C)COC3)cc3c2cnn3-c2nnc(C(F)F)s2)CC1. The number of ether oxygens (including phenoxy) is 1. The molecule has 0 amide bonds. The minimum absolute atomic E-state index is 0.0723. The predicted molar refractivity (Wildman–Crippen MR) is 133 cm³/mol. The Bertz CT molecular complexity index is 1350. The summed E-state index contributed by atoms with van der Waals surface area (Å²) in [5.41, 5.74) is 0.517. The van der Waals surface area contributed by atoms with Crippen LogP contribution in [0.1, 0.15) is 32.2 Å². The molecule has 4 heterocycles. The number of hydrogen-bond acceptors (Lipinski definition) is 9. The highest BCUT2D eigenvalue weighted by molar-refractivity contribution is 7.89. The van der Waals surface area contributed by atoms with Crippen LogP contribution >= 0.6 is 11.3 Å². The molecule has 0 atom stereocenters. The van der Waals surface area contributed by atoms with Crippen molar-refractivity contribution in [1.82, 2.24) is 29.6 Å². The molecule has 0 radical (unpaired) electrons. The summed E-state index contributed by atoms with van der Waals surface area (Å²) in [4.78, 5) is 4.63. The molecule has 1 N–H and O–H groups in total. The number of benzene rings is 1. The number of rotatable bonds is 8. The third-order valence-electron chi connectivity index (χ3n) is 6.31. The summed E-state index contributed by atoms with van der Waals surface area (Å²) in [7, 11) is -3.90. The number of fused-ring (bicyclic) bond motifs is 1. The number of nitrogens with zero attached hydrogens (tertiary/aromatic N) is 6. The van der Waals surface area contributed by atoms with Crippen LogP contribution < -0.4 is 9.62 Å². The smallest absolute Gasteiger partial charge is 0.291 e. The Hall–Kier alpha value is -2.26. The second-order valence-corrected chi connectivity index (χ2v) is 12.7. The Kier molecular flexibility index (Phi) is 6.74. The number of sulfonamides is 1. The first-order valence-corrected chi connectivity index (χ1v) is 14.1. The van der Waals surface area contributed by atoms with Gasteiger partial charge in [-0.25, -0.2) is 26.6 Å². The first-order chi connectivity index (χ1) is 17.0. The van der Waals surface area contributed by atoms with Gasteiger partial charge in [0.15, 0.2) is 5.01 Å². The molecular formula is C22H29F2N7O3S2. The summed E-state index contributed by atoms with van der Waals surface area (Å²) >= 11 is 0.723. The average Bonchev–Trinajstić information content (AvgIpc) is 3.44. The van der Waals surface area contributed by atoms with Gasteiger partial charge in [0.25, 0.3) is 6.43 Å². The van der Waals surface area contributed by atoms with Crippen LogP contribution in [0.3, 0.4) is 0 Å². The topological polar surface area (TPSA) is 105 Å². The van der Waals surface area contributed by atoms with E-state index >= 15 is 0 Å². The number of aromatic nitrogens is 4. The van der Waals surface area contributed by atoms with Gasteiger partial charge in [-0.15, -0.1) is 10.2 Å². The van der Waals surface area contributed by atoms with E-state index in [-0.39, 0.29) is 23.2 Å². The molecule has 2 fully saturated rings. The van der Waals surface area contributed by atoms with E-state index < -0.39 is 27.0 Å². The molecule has 0 unspecified atom stereocenters. The van der Waals surface area contributed by atoms with Crippen LogP contribution in [0, 0.1) is 5.92 Å². The van der Waals surface area contributed by atoms with Crippen molar-refractivity contribution in [2.45, 2.75) is 37.6 Å². The van der Waals surface area contributed by atoms with Gasteiger partial charge in [-0.05, 0) is 25.0 Å². The van der Waals surface area contributed by atoms with Crippen molar-refractivity contribution in [1.29, 1.82) is 0 Å². The van der Waals surface area contributed by atoms with Gasteiger partial charge in [-0.2, -0.15) is 5.10 Å². The number of hydrogen-bond donors (Lipinski definition) is 1. The van der Waals surface area contributed by atoms with E-state index in [1.165, 1.54) is 10.7 Å². The van der Waals surface area contributed by atoms with Crippen molar-refractivity contribution in [3.05, 3.63) is 23.3 Å². The molecule has 3 aromatic rings. The number of alkyl halides is 2. The zero-order valence-electron chi connectivity index (χ0n) is 20.3. The zero-order chi connectivity index (χ0) is 25.7. The highest BCUT2D eigenvalue weighted by Crippen LogP contribution is 2.34. The number of piperazine rings is 1. The minimum atomic E-state index is -3.90. The van der Waals surface area contributed by atoms with Crippen LogP contribution in [0.5, 0.6) is 0 Å². The number of halogens is 2. The fraction of sp³-hybridized carbons (Fsp3) is 0.591. The molecule has 0 spiro atoms. The predicted octanol–water partition coefficient (Wildman–Crippen LogP) is 2.66. The zero-order valence-corrected chi connectivity index (χ0v) is 21.9. The van der Waals surface area contributed by atoms with Crippen molar-refractivity contribution >= 4 is 38.0 Å². The monoisotopic (exact) mass is 541 g/mol. The van der Waals surface area contributed by atoms with E-state index in [0.29, 0.717) is 11.4 Å². The molecule has 2 aliphatic heterocycles. The van der Waals surface area contributed by atoms with Crippen molar-refractivity contribution in [2.24, 2.45) is 5.92 Å². The lowest BCUT2D eigenvalue weighted by Crippen LogP contribution is -2.59. The quantitative estimate of drug-likeness (QED) is 0.464. The standard InChI is InChI=1S/C22H29F2N7O3S2/c1-14(2)11-29-4-6-30(7-5-29)17-8-15(36(32,33)28-22(3)12-34-13-22)9-18-16(17)10-25-31(18)21-27-26-20(35-21)19(23)24/h8-10,14,19,28H,4-7,11-13H2,1-3H3. The van der Waals surface area contributed by atoms with Crippen LogP contribution in [-0.2, 0) is 14.8 Å². The molecule has 10 nitrogen and oxygen atoms in total. The van der Waals surface area contributed by atoms with Crippen LogP contribution in [0.4, 0.5) is 14.5 Å². The van der Waals surface area contributed by atoms with Gasteiger partial charge in [0.1, 0.15) is 0 Å². The lowest BCUT2D eigenvalue weighted by atomic mass is 10.0. The Balaban J connectivity index is 1.56. The summed E-state index contributed by atoms with van der Waals surface area (Å²) in [5.74, 6) is 0.558. The number of nitrogens with one attached hydrogen (secondary N) is 1. The van der Waals surface area contributed by atoms with Gasteiger partial charge < -0.3 is 9.64 Å². The first kappa shape index (κ1) is 25.4. The van der Waals surface area contributed by atoms with E-state index in [1.54, 1.807) is 19.2 Å². The van der Waals surface area contributed by atoms with E-state index in [1.807, 2.05) is 0 Å². The first-order valence-electron chi connectivity index (χ1n) is 11.8. The second kappa shape index (κ2) is 9.56. The van der Waals surface area contributed by atoms with Crippen LogP contribution in [-0.4, -0.2) is 84.8 Å². The summed E-state index contributed by atoms with van der Waals surface area (Å²) in [5, 5.41) is 12.3. The minimum Gasteiger partial charge on any atom is -0.377 e. The Morgan fingerprint density at radius 3 is 2.47 bits per heavy atom. The van der Waals surface area contributed by atoms with E-state index in [2.05, 4.69) is 43.7 Å². The fourth-order valence-electron chi connectivity index (χ4n) is 4.59. The molecule has 14 heteroatoms. The van der Waals surface area contributed by atoms with Crippen LogP contribution in [0.25, 0.3) is 16.0 Å². The maximum absolute atomic E-state index is 13.4. The van der Waals surface area contributed by atoms with E-state index in [0.717, 1.165) is 55.1 Å². The Morgan fingerprint density at radius 1 is 1.17 bits per heavy atom. The molecule has 196 valence electrons. The molecule has 0 saturated carbocycles. The summed E-state index contributed by atoms with van der Waals surface area (Å²) in [6.45, 7) is 10.9. The molecule has 2 aliphatic rings. The maximum Gasteiger partial charge on any atom is 0.291 e. The average molecular weight is 542 g/mol. The van der Waals surface area contributed by atoms with Gasteiger partial charge in [-0.1, -0.05) is 25.2 Å². The summed E-state index contributed by atoms with van der Waals surface area (Å²) in [6, 6.07) is 3.18. The van der Waals surface area contributed by atoms with Crippen molar-refractivity contribution in [3.8, 4) is 5.13 Å². The third kappa shape index (κ3) is 4.96. The molecule has 2 saturated heterocycles. The third-order valence-corrected chi connectivity index (χ3v) is 8.83. The Labute approximate surface area is 212 Å². The second-order valence-electron chi connectivity index (χ2n) is 10.00. The lowest BCUT2D eigenvalue weighted by molar-refractivity contribution is -0.0523. The highest BCUT2D eigenvalue weighted by Gasteiger charge is 2.38. The van der Waals surface area contributed by atoms with Crippen LogP contribution in [0.2, 0.25) is 0 Å². The maximum atomic E-state index is 13.4. The lowest BCUT2D eigenvalue weighted by Gasteiger charge is -2.38. The number of anilines is 1. The summed E-state index contributed by atoms with van der Waals surface area (Å²) < 4.78 is 62.4. The largest absolute Gasteiger partial charge is 0.377 e. The molecule has 36 heavy (non-hydrogen) atoms. The molecular weight excluding hydrogens is 512 g/mol. The van der Waals surface area contributed by atoms with E-state index in [4.69, 9.17) is 4.74 Å². The molecule has 0 bridgehead atoms. The van der Waals surface area contributed by atoms with Gasteiger partial charge in [0.2, 0.25) is 15.2 Å².